The van der Waals surface area contributed by atoms with Crippen molar-refractivity contribution in [3.63, 3.8) is 0 Å². The van der Waals surface area contributed by atoms with Gasteiger partial charge in [0.1, 0.15) is 5.82 Å². The number of aromatic nitrogens is 2. The number of carbonyl (C=O) groups is 1. The number of nitrogens with one attached hydrogen (secondary N) is 1. The molecule has 1 amide bonds. The van der Waals surface area contributed by atoms with E-state index in [4.69, 9.17) is 4.98 Å². The van der Waals surface area contributed by atoms with Crippen LogP contribution in [0.3, 0.4) is 0 Å². The number of allylic oxidation sites excluding steroid dienone is 1. The van der Waals surface area contributed by atoms with E-state index in [1.807, 2.05) is 36.4 Å². The van der Waals surface area contributed by atoms with Gasteiger partial charge >= 0.3 is 0 Å². The molecule has 0 aliphatic carbocycles. The molecule has 0 bridgehead atoms. The number of nitrogens with zero attached hydrogens (tertiary/aromatic N) is 2. The first-order valence-corrected chi connectivity index (χ1v) is 10.0. The molecule has 1 N–H and O–H groups in total. The van der Waals surface area contributed by atoms with Crippen LogP contribution in [-0.2, 0) is 24.2 Å². The Morgan fingerprint density at radius 1 is 1.04 bits per heavy atom. The highest BCUT2D eigenvalue weighted by molar-refractivity contribution is 5.78. The number of rotatable bonds is 10. The summed E-state index contributed by atoms with van der Waals surface area (Å²) in [5, 5.41) is 3.02. The molecule has 3 aromatic rings. The lowest BCUT2D eigenvalue weighted by atomic mass is 10.1. The van der Waals surface area contributed by atoms with Crippen molar-refractivity contribution in [1.82, 2.24) is 14.9 Å². The third-order valence-electron chi connectivity index (χ3n) is 4.77. The van der Waals surface area contributed by atoms with Crippen LogP contribution >= 0.6 is 0 Å². The Kier molecular flexibility index (Phi) is 7.01. The normalized spacial score (nSPS) is 10.9. The second kappa shape index (κ2) is 9.88. The third-order valence-corrected chi connectivity index (χ3v) is 4.77. The van der Waals surface area contributed by atoms with Crippen molar-refractivity contribution in [1.29, 1.82) is 0 Å². The number of carbonyl (C=O) groups excluding carboxylic acids is 1. The molecule has 28 heavy (non-hydrogen) atoms. The second-order valence-electron chi connectivity index (χ2n) is 7.38. The van der Waals surface area contributed by atoms with Crippen LogP contribution in [0.1, 0.15) is 37.6 Å². The number of imidazole rings is 1. The number of para-hydroxylation sites is 2. The largest absolute Gasteiger partial charge is 0.356 e. The van der Waals surface area contributed by atoms with Crippen LogP contribution in [0.15, 0.2) is 66.7 Å². The molecule has 0 aliphatic heterocycles. The van der Waals surface area contributed by atoms with E-state index in [-0.39, 0.29) is 5.91 Å². The minimum absolute atomic E-state index is 0.0921. The molecule has 4 heteroatoms. The molecule has 0 spiro atoms. The number of benzene rings is 2. The summed E-state index contributed by atoms with van der Waals surface area (Å²) in [7, 11) is 0. The Bertz CT molecular complexity index is 927. The number of unbranched alkanes of at least 4 members (excludes halogenated alkanes) is 2. The van der Waals surface area contributed by atoms with E-state index in [0.717, 1.165) is 61.3 Å². The van der Waals surface area contributed by atoms with E-state index < -0.39 is 0 Å². The van der Waals surface area contributed by atoms with Crippen molar-refractivity contribution in [2.24, 2.45) is 0 Å². The van der Waals surface area contributed by atoms with Crippen molar-refractivity contribution in [2.75, 3.05) is 6.54 Å². The van der Waals surface area contributed by atoms with Gasteiger partial charge in [-0.2, -0.15) is 0 Å². The first kappa shape index (κ1) is 19.9. The Balaban J connectivity index is 1.43. The summed E-state index contributed by atoms with van der Waals surface area (Å²) in [6.45, 7) is 7.65. The highest BCUT2D eigenvalue weighted by Crippen LogP contribution is 2.19. The van der Waals surface area contributed by atoms with Gasteiger partial charge in [-0.1, -0.05) is 61.0 Å². The fourth-order valence-corrected chi connectivity index (χ4v) is 3.42. The number of hydrogen-bond acceptors (Lipinski definition) is 2. The van der Waals surface area contributed by atoms with E-state index in [0.29, 0.717) is 6.42 Å². The van der Waals surface area contributed by atoms with Gasteiger partial charge in [0.2, 0.25) is 5.91 Å². The molecule has 4 nitrogen and oxygen atoms in total. The summed E-state index contributed by atoms with van der Waals surface area (Å²) >= 11 is 0. The van der Waals surface area contributed by atoms with Gasteiger partial charge in [-0.3, -0.25) is 4.79 Å². The monoisotopic (exact) mass is 375 g/mol. The lowest BCUT2D eigenvalue weighted by molar-refractivity contribution is -0.120. The van der Waals surface area contributed by atoms with E-state index >= 15 is 0 Å². The second-order valence-corrected chi connectivity index (χ2v) is 7.38. The fourth-order valence-electron chi connectivity index (χ4n) is 3.42. The van der Waals surface area contributed by atoms with E-state index in [1.54, 1.807) is 0 Å². The number of aryl methyl sites for hydroxylation is 1. The third kappa shape index (κ3) is 5.56. The van der Waals surface area contributed by atoms with Gasteiger partial charge in [-0.25, -0.2) is 4.98 Å². The van der Waals surface area contributed by atoms with Gasteiger partial charge in [0.05, 0.1) is 17.5 Å². The summed E-state index contributed by atoms with van der Waals surface area (Å²) in [4.78, 5) is 16.8. The maximum Gasteiger partial charge on any atom is 0.224 e. The highest BCUT2D eigenvalue weighted by atomic mass is 16.1. The summed E-state index contributed by atoms with van der Waals surface area (Å²) in [6, 6.07) is 18.1. The van der Waals surface area contributed by atoms with E-state index in [1.165, 1.54) is 5.52 Å². The zero-order chi connectivity index (χ0) is 19.8. The molecule has 0 aliphatic rings. The Morgan fingerprint density at radius 2 is 1.79 bits per heavy atom. The van der Waals surface area contributed by atoms with Crippen LogP contribution in [0.5, 0.6) is 0 Å². The van der Waals surface area contributed by atoms with Gasteiger partial charge in [-0.15, -0.1) is 0 Å². The first-order valence-electron chi connectivity index (χ1n) is 10.0. The molecule has 0 saturated heterocycles. The van der Waals surface area contributed by atoms with E-state index in [2.05, 4.69) is 41.6 Å². The van der Waals surface area contributed by atoms with Gasteiger partial charge in [-0.05, 0) is 37.5 Å². The number of hydrogen-bond donors (Lipinski definition) is 1. The summed E-state index contributed by atoms with van der Waals surface area (Å²) in [6.07, 6.45) is 4.52. The molecular formula is C24H29N3O. The van der Waals surface area contributed by atoms with Gasteiger partial charge < -0.3 is 9.88 Å². The van der Waals surface area contributed by atoms with Gasteiger partial charge in [0, 0.05) is 19.5 Å². The van der Waals surface area contributed by atoms with Crippen molar-refractivity contribution in [3.05, 3.63) is 78.1 Å². The molecule has 0 unspecified atom stereocenters. The van der Waals surface area contributed by atoms with E-state index in [9.17, 15) is 4.79 Å². The maximum absolute atomic E-state index is 12.0. The van der Waals surface area contributed by atoms with Crippen LogP contribution < -0.4 is 5.32 Å². The minimum Gasteiger partial charge on any atom is -0.356 e. The summed E-state index contributed by atoms with van der Waals surface area (Å²) in [5.74, 6) is 1.21. The molecule has 0 atom stereocenters. The summed E-state index contributed by atoms with van der Waals surface area (Å²) in [5.41, 5.74) is 4.41. The predicted octanol–water partition coefficient (Wildman–Crippen LogP) is 4.68. The maximum atomic E-state index is 12.0. The van der Waals surface area contributed by atoms with Crippen molar-refractivity contribution < 1.29 is 4.79 Å². The molecule has 2 aromatic carbocycles. The van der Waals surface area contributed by atoms with Crippen molar-refractivity contribution in [3.8, 4) is 0 Å². The highest BCUT2D eigenvalue weighted by Gasteiger charge is 2.10. The van der Waals surface area contributed by atoms with Crippen molar-refractivity contribution in [2.45, 2.75) is 45.6 Å². The topological polar surface area (TPSA) is 46.9 Å². The molecular weight excluding hydrogens is 346 g/mol. The fraction of sp³-hybridized carbons (Fsp3) is 0.333. The Labute approximate surface area is 167 Å². The quantitative estimate of drug-likeness (QED) is 0.413. The summed E-state index contributed by atoms with van der Waals surface area (Å²) < 4.78 is 2.28. The smallest absolute Gasteiger partial charge is 0.224 e. The van der Waals surface area contributed by atoms with Crippen LogP contribution in [0.25, 0.3) is 11.0 Å². The molecule has 1 aromatic heterocycles. The Hall–Kier alpha value is -2.88. The molecule has 146 valence electrons. The molecule has 0 radical (unpaired) electrons. The minimum atomic E-state index is 0.0921. The van der Waals surface area contributed by atoms with Crippen molar-refractivity contribution >= 4 is 16.9 Å². The number of fused-ring (bicyclic) bond motifs is 1. The van der Waals surface area contributed by atoms with Crippen LogP contribution in [0, 0.1) is 0 Å². The van der Waals surface area contributed by atoms with Crippen LogP contribution in [0.2, 0.25) is 0 Å². The van der Waals surface area contributed by atoms with Crippen LogP contribution in [-0.4, -0.2) is 22.0 Å². The number of amides is 1. The lowest BCUT2D eigenvalue weighted by Crippen LogP contribution is -2.26. The zero-order valence-corrected chi connectivity index (χ0v) is 16.7. The predicted molar refractivity (Wildman–Crippen MR) is 115 cm³/mol. The molecule has 3 rings (SSSR count). The SMILES string of the molecule is C=C(C)Cn1c(CCCCCNC(=O)Cc2ccccc2)nc2ccccc21. The molecule has 0 fully saturated rings. The first-order chi connectivity index (χ1) is 13.6. The van der Waals surface area contributed by atoms with Gasteiger partial charge in [0.15, 0.2) is 0 Å². The Morgan fingerprint density at radius 3 is 2.57 bits per heavy atom. The zero-order valence-electron chi connectivity index (χ0n) is 16.7. The molecule has 0 saturated carbocycles. The van der Waals surface area contributed by atoms with Gasteiger partial charge in [0.25, 0.3) is 0 Å². The molecule has 1 heterocycles. The standard InChI is InChI=1S/C24H29N3O/c1-19(2)18-27-22-14-9-8-13-21(22)26-23(27)15-7-4-10-16-25-24(28)17-20-11-5-3-6-12-20/h3,5-6,8-9,11-14H,1,4,7,10,15-18H2,2H3,(H,25,28). The average molecular weight is 376 g/mol. The lowest BCUT2D eigenvalue weighted by Gasteiger charge is -2.09. The van der Waals surface area contributed by atoms with Crippen LogP contribution in [0.4, 0.5) is 0 Å². The average Bonchev–Trinajstić information content (AvgIpc) is 3.02.